The molecule has 5 aromatic carbocycles. The van der Waals surface area contributed by atoms with Crippen molar-refractivity contribution in [2.24, 2.45) is 0 Å². The van der Waals surface area contributed by atoms with Gasteiger partial charge < -0.3 is 13.7 Å². The molecule has 0 fully saturated rings. The van der Waals surface area contributed by atoms with Crippen LogP contribution in [0.25, 0.3) is 66.4 Å². The van der Waals surface area contributed by atoms with Crippen LogP contribution in [0.5, 0.6) is 0 Å². The Bertz CT molecular complexity index is 2320. The first-order valence-corrected chi connectivity index (χ1v) is 14.9. The summed E-state index contributed by atoms with van der Waals surface area (Å²) in [6, 6.07) is 47.8. The van der Waals surface area contributed by atoms with Gasteiger partial charge in [0.2, 0.25) is 0 Å². The van der Waals surface area contributed by atoms with Crippen molar-refractivity contribution in [3.8, 4) is 22.4 Å². The molecule has 0 saturated carbocycles. The van der Waals surface area contributed by atoms with E-state index < -0.39 is 0 Å². The average molecular weight is 580 g/mol. The van der Waals surface area contributed by atoms with Gasteiger partial charge in [0.25, 0.3) is 0 Å². The molecule has 0 aliphatic heterocycles. The van der Waals surface area contributed by atoms with Crippen LogP contribution >= 0.6 is 0 Å². The summed E-state index contributed by atoms with van der Waals surface area (Å²) < 4.78 is 12.5. The van der Waals surface area contributed by atoms with E-state index in [9.17, 15) is 0 Å². The number of aromatic nitrogens is 2. The third-order valence-corrected chi connectivity index (χ3v) is 8.40. The number of benzene rings is 5. The van der Waals surface area contributed by atoms with E-state index in [2.05, 4.69) is 107 Å². The second-order valence-electron chi connectivity index (χ2n) is 11.0. The fraction of sp³-hybridized carbons (Fsp3) is 0. The maximum absolute atomic E-state index is 6.26. The first-order valence-electron chi connectivity index (χ1n) is 14.9. The fourth-order valence-electron chi connectivity index (χ4n) is 6.29. The van der Waals surface area contributed by atoms with Gasteiger partial charge in [-0.25, -0.2) is 0 Å². The monoisotopic (exact) mass is 579 g/mol. The normalized spacial score (nSPS) is 11.6. The Balaban J connectivity index is 1.11. The molecule has 0 spiro atoms. The number of hydrogen-bond acceptors (Lipinski definition) is 5. The number of anilines is 3. The quantitative estimate of drug-likeness (QED) is 0.203. The lowest BCUT2D eigenvalue weighted by molar-refractivity contribution is 0.668. The summed E-state index contributed by atoms with van der Waals surface area (Å²) in [6.07, 6.45) is 3.66. The van der Waals surface area contributed by atoms with E-state index in [1.54, 1.807) is 6.20 Å². The van der Waals surface area contributed by atoms with Crippen LogP contribution in [0.1, 0.15) is 0 Å². The molecule has 0 aliphatic rings. The largest absolute Gasteiger partial charge is 0.454 e. The summed E-state index contributed by atoms with van der Waals surface area (Å²) in [6.45, 7) is 0. The average Bonchev–Trinajstić information content (AvgIpc) is 3.68. The van der Waals surface area contributed by atoms with Crippen LogP contribution in [0.15, 0.2) is 161 Å². The second kappa shape index (κ2) is 10.2. The van der Waals surface area contributed by atoms with Crippen molar-refractivity contribution in [1.29, 1.82) is 0 Å². The fourth-order valence-corrected chi connectivity index (χ4v) is 6.29. The summed E-state index contributed by atoms with van der Waals surface area (Å²) in [5.74, 6) is 0. The van der Waals surface area contributed by atoms with Crippen molar-refractivity contribution < 1.29 is 8.83 Å². The topological polar surface area (TPSA) is 55.3 Å². The Morgan fingerprint density at radius 1 is 0.422 bits per heavy atom. The van der Waals surface area contributed by atoms with E-state index in [1.165, 1.54) is 0 Å². The Morgan fingerprint density at radius 2 is 1.09 bits per heavy atom. The number of fused-ring (bicyclic) bond motifs is 6. The SMILES string of the molecule is c1ccc(N(c2ccc(-c3nccc4c3oc3ccccc34)cc2)c2ccc(-c3cccc4c3oc3cccnc34)cc2)cc1. The Hall–Kier alpha value is -6.20. The van der Waals surface area contributed by atoms with E-state index in [1.807, 2.05) is 48.7 Å². The zero-order valence-corrected chi connectivity index (χ0v) is 24.1. The van der Waals surface area contributed by atoms with E-state index in [4.69, 9.17) is 13.8 Å². The lowest BCUT2D eigenvalue weighted by Crippen LogP contribution is -2.09. The second-order valence-corrected chi connectivity index (χ2v) is 11.0. The molecule has 0 aliphatic carbocycles. The standard InChI is InChI=1S/C40H25N3O2/c1-2-8-28(9-3-1)43(29-19-15-26(16-20-29)31-11-6-12-34-38-36(45-39(31)34)14-7-24-41-38)30-21-17-27(18-22-30)37-40-33(23-25-42-37)32-10-4-5-13-35(32)44-40/h1-25H. The molecule has 9 rings (SSSR count). The third-order valence-electron chi connectivity index (χ3n) is 8.40. The summed E-state index contributed by atoms with van der Waals surface area (Å²) >= 11 is 0. The predicted octanol–water partition coefficient (Wildman–Crippen LogP) is 11.1. The van der Waals surface area contributed by atoms with E-state index >= 15 is 0 Å². The van der Waals surface area contributed by atoms with Crippen LogP contribution in [-0.4, -0.2) is 9.97 Å². The van der Waals surface area contributed by atoms with E-state index in [0.717, 1.165) is 83.5 Å². The van der Waals surface area contributed by atoms with Crippen molar-refractivity contribution in [1.82, 2.24) is 9.97 Å². The van der Waals surface area contributed by atoms with Gasteiger partial charge in [-0.2, -0.15) is 0 Å². The highest BCUT2D eigenvalue weighted by molar-refractivity contribution is 6.09. The van der Waals surface area contributed by atoms with Crippen molar-refractivity contribution in [2.75, 3.05) is 4.90 Å². The summed E-state index contributed by atoms with van der Waals surface area (Å²) in [4.78, 5) is 11.5. The van der Waals surface area contributed by atoms with Crippen molar-refractivity contribution >= 4 is 61.1 Å². The zero-order valence-electron chi connectivity index (χ0n) is 24.1. The Morgan fingerprint density at radius 3 is 1.91 bits per heavy atom. The van der Waals surface area contributed by atoms with Crippen LogP contribution in [0.3, 0.4) is 0 Å². The van der Waals surface area contributed by atoms with Crippen LogP contribution in [-0.2, 0) is 0 Å². The molecule has 45 heavy (non-hydrogen) atoms. The minimum atomic E-state index is 0.794. The van der Waals surface area contributed by atoms with E-state index in [-0.39, 0.29) is 0 Å². The molecule has 0 radical (unpaired) electrons. The first-order chi connectivity index (χ1) is 22.3. The van der Waals surface area contributed by atoms with Gasteiger partial charge in [0.15, 0.2) is 11.2 Å². The predicted molar refractivity (Wildman–Crippen MR) is 182 cm³/mol. The first kappa shape index (κ1) is 25.3. The number of furan rings is 2. The molecule has 4 heterocycles. The molecule has 5 nitrogen and oxygen atoms in total. The molecular weight excluding hydrogens is 554 g/mol. The molecule has 0 N–H and O–H groups in total. The van der Waals surface area contributed by atoms with Gasteiger partial charge in [0, 0.05) is 56.7 Å². The Labute approximate surface area is 258 Å². The summed E-state index contributed by atoms with van der Waals surface area (Å²) in [5.41, 5.74) is 11.3. The number of para-hydroxylation sites is 3. The minimum absolute atomic E-state index is 0.794. The molecule has 0 saturated heterocycles. The van der Waals surface area contributed by atoms with Crippen LogP contribution in [0, 0.1) is 0 Å². The van der Waals surface area contributed by atoms with Gasteiger partial charge in [-0.15, -0.1) is 0 Å². The molecule has 0 unspecified atom stereocenters. The van der Waals surface area contributed by atoms with Crippen LogP contribution < -0.4 is 4.90 Å². The number of pyridine rings is 2. The van der Waals surface area contributed by atoms with Gasteiger partial charge in [-0.05, 0) is 72.3 Å². The molecule has 0 atom stereocenters. The lowest BCUT2D eigenvalue weighted by atomic mass is 10.0. The highest BCUT2D eigenvalue weighted by atomic mass is 16.3. The van der Waals surface area contributed by atoms with Gasteiger partial charge in [-0.3, -0.25) is 9.97 Å². The van der Waals surface area contributed by atoms with Gasteiger partial charge in [-0.1, -0.05) is 72.8 Å². The van der Waals surface area contributed by atoms with Crippen LogP contribution in [0.4, 0.5) is 17.1 Å². The number of hydrogen-bond donors (Lipinski definition) is 0. The number of rotatable bonds is 5. The maximum Gasteiger partial charge on any atom is 0.161 e. The highest BCUT2D eigenvalue weighted by Crippen LogP contribution is 2.40. The molecule has 9 aromatic rings. The minimum Gasteiger partial charge on any atom is -0.454 e. The lowest BCUT2D eigenvalue weighted by Gasteiger charge is -2.26. The van der Waals surface area contributed by atoms with Gasteiger partial charge >= 0.3 is 0 Å². The van der Waals surface area contributed by atoms with Crippen molar-refractivity contribution in [3.05, 3.63) is 152 Å². The van der Waals surface area contributed by atoms with Gasteiger partial charge in [0.05, 0.1) is 0 Å². The summed E-state index contributed by atoms with van der Waals surface area (Å²) in [5, 5.41) is 3.19. The molecule has 5 heteroatoms. The molecular formula is C40H25N3O2. The molecule has 4 aromatic heterocycles. The molecule has 0 bridgehead atoms. The Kier molecular flexibility index (Phi) is 5.74. The summed E-state index contributed by atoms with van der Waals surface area (Å²) in [7, 11) is 0. The third kappa shape index (κ3) is 4.17. The molecule has 0 amide bonds. The van der Waals surface area contributed by atoms with Crippen molar-refractivity contribution in [3.63, 3.8) is 0 Å². The maximum atomic E-state index is 6.26. The number of nitrogens with zero attached hydrogens (tertiary/aromatic N) is 3. The van der Waals surface area contributed by atoms with Crippen LogP contribution in [0.2, 0.25) is 0 Å². The van der Waals surface area contributed by atoms with Crippen molar-refractivity contribution in [2.45, 2.75) is 0 Å². The molecule has 212 valence electrons. The van der Waals surface area contributed by atoms with Gasteiger partial charge in [0.1, 0.15) is 22.4 Å². The van der Waals surface area contributed by atoms with E-state index in [0.29, 0.717) is 0 Å². The zero-order chi connectivity index (χ0) is 29.7. The highest BCUT2D eigenvalue weighted by Gasteiger charge is 2.17. The smallest absolute Gasteiger partial charge is 0.161 e.